The van der Waals surface area contributed by atoms with Gasteiger partial charge >= 0.3 is 0 Å². The average Bonchev–Trinajstić information content (AvgIpc) is 2.41. The third-order valence-electron chi connectivity index (χ3n) is 2.89. The molecule has 0 amide bonds. The molecule has 0 saturated carbocycles. The number of anilines is 1. The molecular weight excluding hydrogens is 254 g/mol. The molecule has 0 aliphatic carbocycles. The molecule has 3 nitrogen and oxygen atoms in total. The van der Waals surface area contributed by atoms with Crippen LogP contribution >= 0.6 is 11.8 Å². The van der Waals surface area contributed by atoms with Gasteiger partial charge in [0.2, 0.25) is 5.95 Å². The van der Waals surface area contributed by atoms with Crippen LogP contribution in [0.1, 0.15) is 5.56 Å². The fraction of sp³-hybridized carbons (Fsp3) is 0.0667. The van der Waals surface area contributed by atoms with Crippen molar-refractivity contribution in [2.75, 3.05) is 5.73 Å². The number of aromatic nitrogens is 2. The minimum absolute atomic E-state index is 0.315. The first-order valence-electron chi connectivity index (χ1n) is 6.00. The summed E-state index contributed by atoms with van der Waals surface area (Å²) < 4.78 is 0. The maximum Gasteiger partial charge on any atom is 0.221 e. The molecule has 0 atom stereocenters. The minimum atomic E-state index is 0.315. The molecule has 1 aromatic heterocycles. The first kappa shape index (κ1) is 12.0. The Morgan fingerprint density at radius 1 is 0.947 bits per heavy atom. The van der Waals surface area contributed by atoms with Crippen molar-refractivity contribution in [2.45, 2.75) is 16.8 Å². The molecule has 0 radical (unpaired) electrons. The van der Waals surface area contributed by atoms with E-state index in [0.29, 0.717) is 5.95 Å². The van der Waals surface area contributed by atoms with Crippen molar-refractivity contribution >= 4 is 28.6 Å². The maximum atomic E-state index is 5.78. The fourth-order valence-electron chi connectivity index (χ4n) is 1.92. The van der Waals surface area contributed by atoms with E-state index < -0.39 is 0 Å². The molecule has 0 saturated heterocycles. The predicted molar refractivity (Wildman–Crippen MR) is 79.3 cm³/mol. The van der Waals surface area contributed by atoms with Crippen LogP contribution in [0.3, 0.4) is 0 Å². The second kappa shape index (κ2) is 4.90. The first-order valence-corrected chi connectivity index (χ1v) is 6.81. The summed E-state index contributed by atoms with van der Waals surface area (Å²) in [6, 6.07) is 16.2. The normalized spacial score (nSPS) is 10.8. The zero-order valence-electron chi connectivity index (χ0n) is 10.5. The smallest absolute Gasteiger partial charge is 0.221 e. The lowest BCUT2D eigenvalue weighted by Crippen LogP contribution is -1.97. The highest BCUT2D eigenvalue weighted by atomic mass is 32.2. The minimum Gasteiger partial charge on any atom is -0.368 e. The van der Waals surface area contributed by atoms with Crippen LogP contribution in [-0.2, 0) is 0 Å². The predicted octanol–water partition coefficient (Wildman–Crippen LogP) is 3.67. The monoisotopic (exact) mass is 267 g/mol. The van der Waals surface area contributed by atoms with Crippen molar-refractivity contribution in [3.63, 3.8) is 0 Å². The van der Waals surface area contributed by atoms with Crippen LogP contribution in [0.4, 0.5) is 5.95 Å². The van der Waals surface area contributed by atoms with Gasteiger partial charge in [-0.2, -0.15) is 0 Å². The Morgan fingerprint density at radius 3 is 2.53 bits per heavy atom. The summed E-state index contributed by atoms with van der Waals surface area (Å²) >= 11 is 1.63. The Morgan fingerprint density at radius 2 is 1.68 bits per heavy atom. The van der Waals surface area contributed by atoms with E-state index in [1.165, 1.54) is 10.5 Å². The average molecular weight is 267 g/mol. The molecule has 1 heterocycles. The maximum absolute atomic E-state index is 5.78. The SMILES string of the molecule is Cc1ccccc1Sc1nc(N)nc2ccccc12. The van der Waals surface area contributed by atoms with Gasteiger partial charge in [-0.05, 0) is 24.6 Å². The fourth-order valence-corrected chi connectivity index (χ4v) is 2.92. The molecule has 0 unspecified atom stereocenters. The molecule has 3 aromatic rings. The summed E-state index contributed by atoms with van der Waals surface area (Å²) in [5.41, 5.74) is 7.89. The van der Waals surface area contributed by atoms with Gasteiger partial charge in [-0.15, -0.1) is 0 Å². The quantitative estimate of drug-likeness (QED) is 0.720. The summed E-state index contributed by atoms with van der Waals surface area (Å²) in [6.45, 7) is 2.09. The summed E-state index contributed by atoms with van der Waals surface area (Å²) in [4.78, 5) is 9.81. The van der Waals surface area contributed by atoms with Gasteiger partial charge in [-0.1, -0.05) is 48.2 Å². The molecule has 3 rings (SSSR count). The van der Waals surface area contributed by atoms with Crippen LogP contribution in [-0.4, -0.2) is 9.97 Å². The van der Waals surface area contributed by atoms with Gasteiger partial charge in [-0.25, -0.2) is 9.97 Å². The number of aryl methyl sites for hydroxylation is 1. The number of hydrogen-bond donors (Lipinski definition) is 1. The van der Waals surface area contributed by atoms with Crippen LogP contribution < -0.4 is 5.73 Å². The zero-order valence-corrected chi connectivity index (χ0v) is 11.3. The summed E-state index contributed by atoms with van der Waals surface area (Å²) in [6.07, 6.45) is 0. The van der Waals surface area contributed by atoms with Gasteiger partial charge in [0, 0.05) is 10.3 Å². The van der Waals surface area contributed by atoms with Crippen molar-refractivity contribution in [3.05, 3.63) is 54.1 Å². The number of nitrogens with zero attached hydrogens (tertiary/aromatic N) is 2. The van der Waals surface area contributed by atoms with E-state index in [-0.39, 0.29) is 0 Å². The number of benzene rings is 2. The number of rotatable bonds is 2. The van der Waals surface area contributed by atoms with E-state index >= 15 is 0 Å². The first-order chi connectivity index (χ1) is 9.24. The summed E-state index contributed by atoms with van der Waals surface area (Å²) in [5.74, 6) is 0.315. The Bertz CT molecular complexity index is 740. The van der Waals surface area contributed by atoms with Crippen LogP contribution in [0.2, 0.25) is 0 Å². The van der Waals surface area contributed by atoms with Gasteiger partial charge in [0.25, 0.3) is 0 Å². The molecule has 2 aromatic carbocycles. The highest BCUT2D eigenvalue weighted by Gasteiger charge is 2.08. The Kier molecular flexibility index (Phi) is 3.09. The van der Waals surface area contributed by atoms with Crippen molar-refractivity contribution in [2.24, 2.45) is 0 Å². The molecule has 0 fully saturated rings. The number of nitrogen functional groups attached to an aromatic ring is 1. The van der Waals surface area contributed by atoms with E-state index in [0.717, 1.165) is 15.9 Å². The highest BCUT2D eigenvalue weighted by molar-refractivity contribution is 7.99. The molecule has 4 heteroatoms. The van der Waals surface area contributed by atoms with E-state index in [1.54, 1.807) is 11.8 Å². The zero-order chi connectivity index (χ0) is 13.2. The third-order valence-corrected chi connectivity index (χ3v) is 4.07. The Balaban J connectivity index is 2.13. The van der Waals surface area contributed by atoms with Gasteiger partial charge in [0.05, 0.1) is 5.52 Å². The van der Waals surface area contributed by atoms with E-state index in [2.05, 4.69) is 29.0 Å². The van der Waals surface area contributed by atoms with Crippen LogP contribution in [0.15, 0.2) is 58.5 Å². The molecule has 0 aliphatic heterocycles. The number of fused-ring (bicyclic) bond motifs is 1. The third kappa shape index (κ3) is 2.39. The topological polar surface area (TPSA) is 51.8 Å². The molecular formula is C15H13N3S. The Labute approximate surface area is 115 Å². The lowest BCUT2D eigenvalue weighted by Gasteiger charge is -2.08. The number of hydrogen-bond acceptors (Lipinski definition) is 4. The molecule has 2 N–H and O–H groups in total. The summed E-state index contributed by atoms with van der Waals surface area (Å²) in [7, 11) is 0. The largest absolute Gasteiger partial charge is 0.368 e. The van der Waals surface area contributed by atoms with Gasteiger partial charge < -0.3 is 5.73 Å². The lowest BCUT2D eigenvalue weighted by molar-refractivity contribution is 1.11. The Hall–Kier alpha value is -2.07. The van der Waals surface area contributed by atoms with Crippen LogP contribution in [0.5, 0.6) is 0 Å². The van der Waals surface area contributed by atoms with Crippen LogP contribution in [0.25, 0.3) is 10.9 Å². The molecule has 0 bridgehead atoms. The van der Waals surface area contributed by atoms with Gasteiger partial charge in [-0.3, -0.25) is 0 Å². The van der Waals surface area contributed by atoms with Crippen molar-refractivity contribution < 1.29 is 0 Å². The van der Waals surface area contributed by atoms with E-state index in [4.69, 9.17) is 5.73 Å². The second-order valence-corrected chi connectivity index (χ2v) is 5.30. The van der Waals surface area contributed by atoms with E-state index in [9.17, 15) is 0 Å². The molecule has 94 valence electrons. The van der Waals surface area contributed by atoms with Crippen molar-refractivity contribution in [3.8, 4) is 0 Å². The van der Waals surface area contributed by atoms with Crippen LogP contribution in [0, 0.1) is 6.92 Å². The molecule has 19 heavy (non-hydrogen) atoms. The van der Waals surface area contributed by atoms with Crippen molar-refractivity contribution in [1.82, 2.24) is 9.97 Å². The van der Waals surface area contributed by atoms with E-state index in [1.807, 2.05) is 36.4 Å². The molecule has 0 spiro atoms. The van der Waals surface area contributed by atoms with Gasteiger partial charge in [0.15, 0.2) is 0 Å². The second-order valence-electron chi connectivity index (χ2n) is 4.27. The lowest BCUT2D eigenvalue weighted by atomic mass is 10.2. The highest BCUT2D eigenvalue weighted by Crippen LogP contribution is 2.33. The summed E-state index contributed by atoms with van der Waals surface area (Å²) in [5, 5.41) is 1.93. The number of nitrogens with two attached hydrogens (primary N) is 1. The van der Waals surface area contributed by atoms with Crippen molar-refractivity contribution in [1.29, 1.82) is 0 Å². The molecule has 0 aliphatic rings. The standard InChI is InChI=1S/C15H13N3S/c1-10-6-2-5-9-13(10)19-14-11-7-3-4-8-12(11)17-15(16)18-14/h2-9H,1H3,(H2,16,17,18). The number of para-hydroxylation sites is 1. The van der Waals surface area contributed by atoms with Gasteiger partial charge in [0.1, 0.15) is 5.03 Å².